The minimum absolute atomic E-state index is 0.000209. The minimum atomic E-state index is -0.196. The van der Waals surface area contributed by atoms with Crippen molar-refractivity contribution >= 4 is 17.4 Å². The Kier molecular flexibility index (Phi) is 4.17. The van der Waals surface area contributed by atoms with Gasteiger partial charge in [0.05, 0.1) is 17.9 Å². The molecule has 1 saturated heterocycles. The van der Waals surface area contributed by atoms with Gasteiger partial charge in [0, 0.05) is 19.6 Å². The van der Waals surface area contributed by atoms with Crippen molar-refractivity contribution in [2.75, 3.05) is 23.3 Å². The standard InChI is InChI=1S/C19H22N4O/c24-19(17-11-14-5-1-2-6-15(14)12-20-17)22-16-7-8-18(21-13-16)23-9-3-4-10-23/h1-2,5-8,13,17,20H,3-4,9-12H2,(H,22,24). The molecule has 2 aliphatic heterocycles. The van der Waals surface area contributed by atoms with Crippen LogP contribution in [0.5, 0.6) is 0 Å². The lowest BCUT2D eigenvalue weighted by Gasteiger charge is -2.25. The summed E-state index contributed by atoms with van der Waals surface area (Å²) < 4.78 is 0. The van der Waals surface area contributed by atoms with E-state index in [0.717, 1.165) is 37.6 Å². The summed E-state index contributed by atoms with van der Waals surface area (Å²) in [6.07, 6.45) is 4.94. The van der Waals surface area contributed by atoms with Gasteiger partial charge in [-0.2, -0.15) is 0 Å². The van der Waals surface area contributed by atoms with Crippen LogP contribution in [0.1, 0.15) is 24.0 Å². The molecule has 0 aliphatic carbocycles. The molecule has 3 heterocycles. The van der Waals surface area contributed by atoms with Crippen LogP contribution in [-0.4, -0.2) is 30.0 Å². The van der Waals surface area contributed by atoms with E-state index in [1.807, 2.05) is 24.3 Å². The van der Waals surface area contributed by atoms with Gasteiger partial charge < -0.3 is 15.5 Å². The molecule has 1 atom stereocenters. The number of hydrogen-bond donors (Lipinski definition) is 2. The van der Waals surface area contributed by atoms with Crippen LogP contribution in [0, 0.1) is 0 Å². The predicted molar refractivity (Wildman–Crippen MR) is 95.1 cm³/mol. The minimum Gasteiger partial charge on any atom is -0.357 e. The maximum Gasteiger partial charge on any atom is 0.241 e. The van der Waals surface area contributed by atoms with Crippen LogP contribution < -0.4 is 15.5 Å². The Hall–Kier alpha value is -2.40. The van der Waals surface area contributed by atoms with Crippen molar-refractivity contribution < 1.29 is 4.79 Å². The molecule has 2 aliphatic rings. The molecule has 1 amide bonds. The van der Waals surface area contributed by atoms with Crippen molar-refractivity contribution in [3.63, 3.8) is 0 Å². The third kappa shape index (κ3) is 3.12. The van der Waals surface area contributed by atoms with Crippen molar-refractivity contribution in [2.45, 2.75) is 31.8 Å². The molecule has 4 rings (SSSR count). The average molecular weight is 322 g/mol. The third-order valence-corrected chi connectivity index (χ3v) is 4.84. The van der Waals surface area contributed by atoms with E-state index in [-0.39, 0.29) is 11.9 Å². The van der Waals surface area contributed by atoms with Crippen LogP contribution in [0.3, 0.4) is 0 Å². The quantitative estimate of drug-likeness (QED) is 0.911. The molecule has 0 spiro atoms. The lowest BCUT2D eigenvalue weighted by Crippen LogP contribution is -2.44. The Balaban J connectivity index is 1.39. The van der Waals surface area contributed by atoms with Gasteiger partial charge in [-0.3, -0.25) is 4.79 Å². The number of aromatic nitrogens is 1. The van der Waals surface area contributed by atoms with Gasteiger partial charge in [0.2, 0.25) is 5.91 Å². The molecular weight excluding hydrogens is 300 g/mol. The second-order valence-corrected chi connectivity index (χ2v) is 6.49. The summed E-state index contributed by atoms with van der Waals surface area (Å²) >= 11 is 0. The van der Waals surface area contributed by atoms with Gasteiger partial charge in [0.25, 0.3) is 0 Å². The molecule has 124 valence electrons. The smallest absolute Gasteiger partial charge is 0.241 e. The van der Waals surface area contributed by atoms with E-state index < -0.39 is 0 Å². The predicted octanol–water partition coefficient (Wildman–Crippen LogP) is 2.33. The van der Waals surface area contributed by atoms with Gasteiger partial charge in [-0.15, -0.1) is 0 Å². The van der Waals surface area contributed by atoms with Crippen LogP contribution in [0.2, 0.25) is 0 Å². The van der Waals surface area contributed by atoms with Crippen LogP contribution in [0.15, 0.2) is 42.6 Å². The summed E-state index contributed by atoms with van der Waals surface area (Å²) in [5, 5.41) is 6.29. The molecule has 1 aromatic carbocycles. The number of carbonyl (C=O) groups is 1. The van der Waals surface area contributed by atoms with Crippen molar-refractivity contribution in [1.82, 2.24) is 10.3 Å². The number of hydrogen-bond acceptors (Lipinski definition) is 4. The largest absolute Gasteiger partial charge is 0.357 e. The zero-order chi connectivity index (χ0) is 16.4. The molecule has 2 aromatic rings. The number of fused-ring (bicyclic) bond motifs is 1. The highest BCUT2D eigenvalue weighted by atomic mass is 16.2. The van der Waals surface area contributed by atoms with E-state index in [9.17, 15) is 4.79 Å². The topological polar surface area (TPSA) is 57.3 Å². The van der Waals surface area contributed by atoms with Crippen molar-refractivity contribution in [2.24, 2.45) is 0 Å². The Morgan fingerprint density at radius 3 is 2.67 bits per heavy atom. The Bertz CT molecular complexity index is 722. The Morgan fingerprint density at radius 1 is 1.12 bits per heavy atom. The van der Waals surface area contributed by atoms with Gasteiger partial charge in [-0.25, -0.2) is 4.98 Å². The molecule has 1 unspecified atom stereocenters. The second kappa shape index (κ2) is 6.61. The molecule has 1 aromatic heterocycles. The summed E-state index contributed by atoms with van der Waals surface area (Å²) in [4.78, 5) is 19.3. The highest BCUT2D eigenvalue weighted by Gasteiger charge is 2.24. The lowest BCUT2D eigenvalue weighted by molar-refractivity contribution is -0.118. The number of rotatable bonds is 3. The number of nitrogens with one attached hydrogen (secondary N) is 2. The van der Waals surface area contributed by atoms with Crippen LogP contribution >= 0.6 is 0 Å². The van der Waals surface area contributed by atoms with E-state index >= 15 is 0 Å². The number of benzene rings is 1. The fourth-order valence-electron chi connectivity index (χ4n) is 3.46. The first-order valence-corrected chi connectivity index (χ1v) is 8.61. The first-order valence-electron chi connectivity index (χ1n) is 8.61. The molecule has 5 nitrogen and oxygen atoms in total. The molecule has 24 heavy (non-hydrogen) atoms. The van der Waals surface area contributed by atoms with Crippen molar-refractivity contribution in [3.05, 3.63) is 53.7 Å². The number of nitrogens with zero attached hydrogens (tertiary/aromatic N) is 2. The molecule has 5 heteroatoms. The number of pyridine rings is 1. The maximum absolute atomic E-state index is 12.5. The highest BCUT2D eigenvalue weighted by molar-refractivity contribution is 5.95. The number of anilines is 2. The number of amides is 1. The first kappa shape index (κ1) is 15.1. The van der Waals surface area contributed by atoms with E-state index in [0.29, 0.717) is 0 Å². The van der Waals surface area contributed by atoms with Crippen molar-refractivity contribution in [1.29, 1.82) is 0 Å². The lowest BCUT2D eigenvalue weighted by atomic mass is 9.95. The third-order valence-electron chi connectivity index (χ3n) is 4.84. The summed E-state index contributed by atoms with van der Waals surface area (Å²) in [7, 11) is 0. The molecule has 0 saturated carbocycles. The van der Waals surface area contributed by atoms with Crippen LogP contribution in [0.4, 0.5) is 11.5 Å². The van der Waals surface area contributed by atoms with Crippen LogP contribution in [-0.2, 0) is 17.8 Å². The zero-order valence-electron chi connectivity index (χ0n) is 13.7. The van der Waals surface area contributed by atoms with E-state index in [4.69, 9.17) is 0 Å². The zero-order valence-corrected chi connectivity index (χ0v) is 13.7. The average Bonchev–Trinajstić information content (AvgIpc) is 3.16. The first-order chi connectivity index (χ1) is 11.8. The summed E-state index contributed by atoms with van der Waals surface area (Å²) in [6, 6.07) is 12.0. The summed E-state index contributed by atoms with van der Waals surface area (Å²) in [5.41, 5.74) is 3.28. The normalized spacial score (nSPS) is 19.8. The molecule has 1 fully saturated rings. The van der Waals surface area contributed by atoms with Gasteiger partial charge in [0.1, 0.15) is 5.82 Å². The highest BCUT2D eigenvalue weighted by Crippen LogP contribution is 2.20. The summed E-state index contributed by atoms with van der Waals surface area (Å²) in [5.74, 6) is 0.996. The molecule has 0 bridgehead atoms. The molecule has 2 N–H and O–H groups in total. The van der Waals surface area contributed by atoms with Gasteiger partial charge in [-0.1, -0.05) is 24.3 Å². The molecular formula is C19H22N4O. The second-order valence-electron chi connectivity index (χ2n) is 6.49. The van der Waals surface area contributed by atoms with Crippen molar-refractivity contribution in [3.8, 4) is 0 Å². The Labute approximate surface area is 142 Å². The maximum atomic E-state index is 12.5. The van der Waals surface area contributed by atoms with E-state index in [1.54, 1.807) is 6.20 Å². The fourth-order valence-corrected chi connectivity index (χ4v) is 3.46. The Morgan fingerprint density at radius 2 is 1.92 bits per heavy atom. The van der Waals surface area contributed by atoms with Gasteiger partial charge in [-0.05, 0) is 42.5 Å². The monoisotopic (exact) mass is 322 g/mol. The summed E-state index contributed by atoms with van der Waals surface area (Å²) in [6.45, 7) is 2.88. The fraction of sp³-hybridized carbons (Fsp3) is 0.368. The van der Waals surface area contributed by atoms with Gasteiger partial charge in [0.15, 0.2) is 0 Å². The van der Waals surface area contributed by atoms with Gasteiger partial charge >= 0.3 is 0 Å². The SMILES string of the molecule is O=C(Nc1ccc(N2CCCC2)nc1)C1Cc2ccccc2CN1. The molecule has 0 radical (unpaired) electrons. The number of carbonyl (C=O) groups excluding carboxylic acids is 1. The van der Waals surface area contributed by atoms with E-state index in [1.165, 1.54) is 24.0 Å². The van der Waals surface area contributed by atoms with E-state index in [2.05, 4.69) is 32.7 Å². The van der Waals surface area contributed by atoms with Crippen LogP contribution in [0.25, 0.3) is 0 Å².